The summed E-state index contributed by atoms with van der Waals surface area (Å²) in [6, 6.07) is 28.7. The Bertz CT molecular complexity index is 1410. The molecule has 0 spiro atoms. The number of para-hydroxylation sites is 1. The largest absolute Gasteiger partial charge is 0.355 e. The van der Waals surface area contributed by atoms with Gasteiger partial charge in [-0.15, -0.1) is 0 Å². The number of rotatable bonds is 6. The topological polar surface area (TPSA) is 78.9 Å². The molecule has 160 valence electrons. The summed E-state index contributed by atoms with van der Waals surface area (Å²) in [7, 11) is 0. The van der Waals surface area contributed by atoms with Gasteiger partial charge in [0.25, 0.3) is 5.91 Å². The van der Waals surface area contributed by atoms with Gasteiger partial charge in [-0.05, 0) is 60.7 Å². The number of amides is 1. The molecule has 3 N–H and O–H groups in total. The quantitative estimate of drug-likeness (QED) is 0.291. The van der Waals surface area contributed by atoms with Crippen molar-refractivity contribution in [2.75, 3.05) is 16.0 Å². The first-order chi connectivity index (χ1) is 16.2. The molecule has 0 bridgehead atoms. The third-order valence-electron chi connectivity index (χ3n) is 5.14. The van der Waals surface area contributed by atoms with E-state index in [1.54, 1.807) is 24.7 Å². The fraction of sp³-hybridized carbons (Fsp3) is 0. The van der Waals surface area contributed by atoms with E-state index in [1.165, 1.54) is 0 Å². The number of carbonyl (C=O) groups excluding carboxylic acids is 1. The highest BCUT2D eigenvalue weighted by molar-refractivity contribution is 6.05. The number of hydrogen-bond donors (Lipinski definition) is 3. The zero-order chi connectivity index (χ0) is 22.5. The number of hydrogen-bond acceptors (Lipinski definition) is 5. The lowest BCUT2D eigenvalue weighted by Crippen LogP contribution is -2.12. The fourth-order valence-electron chi connectivity index (χ4n) is 3.58. The molecule has 0 aliphatic heterocycles. The molecule has 2 heterocycles. The van der Waals surface area contributed by atoms with Gasteiger partial charge in [0.1, 0.15) is 0 Å². The first kappa shape index (κ1) is 20.2. The molecule has 33 heavy (non-hydrogen) atoms. The molecule has 2 aromatic heterocycles. The maximum absolute atomic E-state index is 12.9. The molecular formula is C27H21N5O. The number of fused-ring (bicyclic) bond motifs is 1. The molecule has 3 aromatic carbocycles. The number of aromatic nitrogens is 2. The van der Waals surface area contributed by atoms with Gasteiger partial charge in [-0.2, -0.15) is 0 Å². The van der Waals surface area contributed by atoms with Crippen molar-refractivity contribution in [1.29, 1.82) is 0 Å². The van der Waals surface area contributed by atoms with E-state index in [-0.39, 0.29) is 5.91 Å². The van der Waals surface area contributed by atoms with Crippen LogP contribution in [-0.2, 0) is 0 Å². The molecule has 0 saturated heterocycles. The van der Waals surface area contributed by atoms with Crippen LogP contribution < -0.4 is 16.0 Å². The van der Waals surface area contributed by atoms with Crippen molar-refractivity contribution >= 4 is 45.2 Å². The van der Waals surface area contributed by atoms with Crippen LogP contribution in [0, 0.1) is 0 Å². The lowest BCUT2D eigenvalue weighted by molar-refractivity contribution is 0.102. The number of benzene rings is 3. The summed E-state index contributed by atoms with van der Waals surface area (Å²) >= 11 is 0. The molecule has 6 heteroatoms. The van der Waals surface area contributed by atoms with Crippen molar-refractivity contribution in [2.45, 2.75) is 0 Å². The first-order valence-electron chi connectivity index (χ1n) is 10.5. The van der Waals surface area contributed by atoms with Crippen LogP contribution in [0.25, 0.3) is 10.9 Å². The number of pyridine rings is 2. The van der Waals surface area contributed by atoms with E-state index >= 15 is 0 Å². The van der Waals surface area contributed by atoms with Crippen molar-refractivity contribution in [2.24, 2.45) is 0 Å². The normalized spacial score (nSPS) is 10.5. The van der Waals surface area contributed by atoms with Crippen molar-refractivity contribution in [3.05, 3.63) is 115 Å². The van der Waals surface area contributed by atoms with E-state index in [9.17, 15) is 4.79 Å². The van der Waals surface area contributed by atoms with Gasteiger partial charge in [0.05, 0.1) is 5.52 Å². The van der Waals surface area contributed by atoms with E-state index in [2.05, 4.69) is 25.9 Å². The zero-order valence-electron chi connectivity index (χ0n) is 17.7. The summed E-state index contributed by atoms with van der Waals surface area (Å²) in [6.45, 7) is 0. The summed E-state index contributed by atoms with van der Waals surface area (Å²) in [5.74, 6) is -0.181. The Morgan fingerprint density at radius 2 is 1.39 bits per heavy atom. The summed E-state index contributed by atoms with van der Waals surface area (Å²) in [5, 5.41) is 10.7. The fourth-order valence-corrected chi connectivity index (χ4v) is 3.58. The number of carbonyl (C=O) groups is 1. The van der Waals surface area contributed by atoms with Gasteiger partial charge >= 0.3 is 0 Å². The molecule has 0 fully saturated rings. The van der Waals surface area contributed by atoms with Gasteiger partial charge < -0.3 is 16.0 Å². The third kappa shape index (κ3) is 4.80. The van der Waals surface area contributed by atoms with E-state index in [4.69, 9.17) is 0 Å². The van der Waals surface area contributed by atoms with Gasteiger partial charge in [0.2, 0.25) is 0 Å². The second-order valence-corrected chi connectivity index (χ2v) is 7.48. The van der Waals surface area contributed by atoms with Gasteiger partial charge in [0.15, 0.2) is 0 Å². The van der Waals surface area contributed by atoms with Gasteiger partial charge in [-0.3, -0.25) is 14.8 Å². The van der Waals surface area contributed by atoms with Crippen LogP contribution in [0.1, 0.15) is 10.4 Å². The molecule has 5 rings (SSSR count). The minimum Gasteiger partial charge on any atom is -0.355 e. The van der Waals surface area contributed by atoms with Crippen molar-refractivity contribution in [3.63, 3.8) is 0 Å². The maximum Gasteiger partial charge on any atom is 0.255 e. The monoisotopic (exact) mass is 431 g/mol. The highest BCUT2D eigenvalue weighted by Gasteiger charge is 2.09. The van der Waals surface area contributed by atoms with Crippen LogP contribution in [0.3, 0.4) is 0 Å². The van der Waals surface area contributed by atoms with E-state index in [1.807, 2.05) is 84.9 Å². The van der Waals surface area contributed by atoms with Crippen LogP contribution in [0.4, 0.5) is 28.4 Å². The lowest BCUT2D eigenvalue weighted by Gasteiger charge is -2.12. The van der Waals surface area contributed by atoms with E-state index in [0.717, 1.165) is 33.7 Å². The van der Waals surface area contributed by atoms with E-state index < -0.39 is 0 Å². The Labute approximate surface area is 191 Å². The second kappa shape index (κ2) is 9.20. The molecule has 0 aliphatic rings. The van der Waals surface area contributed by atoms with Gasteiger partial charge in [0, 0.05) is 58.0 Å². The van der Waals surface area contributed by atoms with Gasteiger partial charge in [-0.25, -0.2) is 0 Å². The molecule has 6 nitrogen and oxygen atoms in total. The summed E-state index contributed by atoms with van der Waals surface area (Å²) in [4.78, 5) is 21.3. The van der Waals surface area contributed by atoms with Crippen LogP contribution in [-0.4, -0.2) is 15.9 Å². The molecule has 0 radical (unpaired) electrons. The maximum atomic E-state index is 12.9. The summed E-state index contributed by atoms with van der Waals surface area (Å²) in [6.07, 6.45) is 5.22. The molecular weight excluding hydrogens is 410 g/mol. The predicted molar refractivity (Wildman–Crippen MR) is 133 cm³/mol. The SMILES string of the molecule is O=C(Nc1cccc(Nc2ccncc2)c1)c1cccc(Nc2ccnc3ccccc23)c1. The predicted octanol–water partition coefficient (Wildman–Crippen LogP) is 6.37. The van der Waals surface area contributed by atoms with Crippen LogP contribution in [0.5, 0.6) is 0 Å². The zero-order valence-corrected chi connectivity index (χ0v) is 17.7. The van der Waals surface area contributed by atoms with Crippen LogP contribution in [0.15, 0.2) is 110 Å². The number of nitrogens with zero attached hydrogens (tertiary/aromatic N) is 2. The third-order valence-corrected chi connectivity index (χ3v) is 5.14. The summed E-state index contributed by atoms with van der Waals surface area (Å²) in [5.41, 5.74) is 5.75. The number of anilines is 5. The average molecular weight is 431 g/mol. The molecule has 0 unspecified atom stereocenters. The highest BCUT2D eigenvalue weighted by Crippen LogP contribution is 2.26. The first-order valence-corrected chi connectivity index (χ1v) is 10.5. The Hall–Kier alpha value is -4.71. The minimum atomic E-state index is -0.181. The van der Waals surface area contributed by atoms with Crippen molar-refractivity contribution in [3.8, 4) is 0 Å². The standard InChI is InChI=1S/C27H21N5O/c33-27(32-23-8-4-7-22(18-23)30-20-11-14-28-15-12-20)19-5-3-6-21(17-19)31-26-13-16-29-25-10-2-1-9-24(25)26/h1-18H,(H,28,30)(H,29,31)(H,32,33). The molecule has 0 aliphatic carbocycles. The Morgan fingerprint density at radius 1 is 0.636 bits per heavy atom. The molecule has 0 saturated carbocycles. The molecule has 1 amide bonds. The Balaban J connectivity index is 1.32. The van der Waals surface area contributed by atoms with E-state index in [0.29, 0.717) is 11.3 Å². The minimum absolute atomic E-state index is 0.181. The second-order valence-electron chi connectivity index (χ2n) is 7.48. The Morgan fingerprint density at radius 3 is 2.27 bits per heavy atom. The highest BCUT2D eigenvalue weighted by atomic mass is 16.1. The molecule has 0 atom stereocenters. The van der Waals surface area contributed by atoms with Crippen LogP contribution >= 0.6 is 0 Å². The summed E-state index contributed by atoms with van der Waals surface area (Å²) < 4.78 is 0. The number of nitrogens with one attached hydrogen (secondary N) is 3. The van der Waals surface area contributed by atoms with Crippen LogP contribution in [0.2, 0.25) is 0 Å². The van der Waals surface area contributed by atoms with Crippen molar-refractivity contribution < 1.29 is 4.79 Å². The molecule has 5 aromatic rings. The average Bonchev–Trinajstić information content (AvgIpc) is 2.85. The van der Waals surface area contributed by atoms with Crippen molar-refractivity contribution in [1.82, 2.24) is 9.97 Å². The van der Waals surface area contributed by atoms with Gasteiger partial charge in [-0.1, -0.05) is 30.3 Å². The lowest BCUT2D eigenvalue weighted by atomic mass is 10.1. The Kier molecular flexibility index (Phi) is 5.63. The smallest absolute Gasteiger partial charge is 0.255 e.